The zero-order chi connectivity index (χ0) is 13.1. The van der Waals surface area contributed by atoms with Crippen LogP contribution in [0, 0.1) is 18.6 Å². The largest absolute Gasteiger partial charge is 0.330 e. The van der Waals surface area contributed by atoms with Crippen molar-refractivity contribution >= 4 is 11.3 Å². The third-order valence-corrected chi connectivity index (χ3v) is 4.13. The van der Waals surface area contributed by atoms with E-state index >= 15 is 0 Å². The minimum absolute atomic E-state index is 0.182. The van der Waals surface area contributed by atoms with Gasteiger partial charge in [0.25, 0.3) is 0 Å². The number of hydrogen-bond donors (Lipinski definition) is 1. The van der Waals surface area contributed by atoms with E-state index in [-0.39, 0.29) is 11.7 Å². The Balaban J connectivity index is 2.28. The van der Waals surface area contributed by atoms with Gasteiger partial charge >= 0.3 is 0 Å². The third kappa shape index (κ3) is 2.76. The van der Waals surface area contributed by atoms with E-state index in [1.54, 1.807) is 11.3 Å². The molecule has 0 amide bonds. The predicted octanol–water partition coefficient (Wildman–Crippen LogP) is 3.62. The van der Waals surface area contributed by atoms with Crippen molar-refractivity contribution in [1.82, 2.24) is 0 Å². The second-order valence-electron chi connectivity index (χ2n) is 4.33. The quantitative estimate of drug-likeness (QED) is 0.899. The first-order valence-corrected chi connectivity index (χ1v) is 6.67. The molecule has 1 unspecified atom stereocenters. The Bertz CT molecular complexity index is 536. The van der Waals surface area contributed by atoms with Gasteiger partial charge in [-0.2, -0.15) is 0 Å². The van der Waals surface area contributed by atoms with Gasteiger partial charge in [-0.15, -0.1) is 11.3 Å². The third-order valence-electron chi connectivity index (χ3n) is 3.08. The minimum atomic E-state index is -0.423. The fraction of sp³-hybridized carbons (Fsp3) is 0.286. The zero-order valence-corrected chi connectivity index (χ0v) is 10.9. The minimum Gasteiger partial charge on any atom is -0.330 e. The molecule has 0 saturated heterocycles. The van der Waals surface area contributed by atoms with Crippen molar-refractivity contribution in [2.75, 3.05) is 6.54 Å². The number of hydrogen-bond acceptors (Lipinski definition) is 2. The van der Waals surface area contributed by atoms with Crippen molar-refractivity contribution in [2.24, 2.45) is 5.73 Å². The highest BCUT2D eigenvalue weighted by Gasteiger charge is 2.17. The standard InChI is InChI=1S/C14H15F2NS/c1-9-4-5-18-14(9)6-10(8-17)12-7-11(15)2-3-13(12)16/h2-5,7,10H,6,8,17H2,1H3. The van der Waals surface area contributed by atoms with E-state index < -0.39 is 5.82 Å². The maximum atomic E-state index is 13.7. The number of rotatable bonds is 4. The van der Waals surface area contributed by atoms with Gasteiger partial charge in [-0.1, -0.05) is 0 Å². The van der Waals surface area contributed by atoms with Crippen LogP contribution < -0.4 is 5.73 Å². The highest BCUT2D eigenvalue weighted by Crippen LogP contribution is 2.27. The van der Waals surface area contributed by atoms with Crippen LogP contribution in [0.3, 0.4) is 0 Å². The summed E-state index contributed by atoms with van der Waals surface area (Å²) in [5.41, 5.74) is 7.25. The molecule has 0 bridgehead atoms. The summed E-state index contributed by atoms with van der Waals surface area (Å²) in [4.78, 5) is 1.18. The van der Waals surface area contributed by atoms with Crippen LogP contribution in [0.25, 0.3) is 0 Å². The molecule has 0 radical (unpaired) electrons. The van der Waals surface area contributed by atoms with Gasteiger partial charge in [-0.25, -0.2) is 8.78 Å². The number of aryl methyl sites for hydroxylation is 1. The highest BCUT2D eigenvalue weighted by atomic mass is 32.1. The molecule has 1 nitrogen and oxygen atoms in total. The lowest BCUT2D eigenvalue weighted by atomic mass is 9.93. The average Bonchev–Trinajstić information content (AvgIpc) is 2.75. The van der Waals surface area contributed by atoms with Crippen LogP contribution in [0.2, 0.25) is 0 Å². The molecule has 0 aliphatic heterocycles. The van der Waals surface area contributed by atoms with Crippen molar-refractivity contribution in [3.05, 3.63) is 57.3 Å². The fourth-order valence-corrected chi connectivity index (χ4v) is 2.97. The monoisotopic (exact) mass is 267 g/mol. The lowest BCUT2D eigenvalue weighted by molar-refractivity contribution is 0.558. The van der Waals surface area contributed by atoms with Gasteiger partial charge in [0.05, 0.1) is 0 Å². The number of thiophene rings is 1. The van der Waals surface area contributed by atoms with Gasteiger partial charge in [-0.3, -0.25) is 0 Å². The molecule has 1 aromatic heterocycles. The lowest BCUT2D eigenvalue weighted by Gasteiger charge is -2.16. The van der Waals surface area contributed by atoms with Crippen molar-refractivity contribution in [3.8, 4) is 0 Å². The number of halogens is 2. The molecule has 2 aromatic rings. The maximum Gasteiger partial charge on any atom is 0.126 e. The summed E-state index contributed by atoms with van der Waals surface area (Å²) >= 11 is 1.63. The van der Waals surface area contributed by atoms with Crippen LogP contribution in [0.1, 0.15) is 21.9 Å². The summed E-state index contributed by atoms with van der Waals surface area (Å²) in [6.07, 6.45) is 0.653. The molecule has 0 saturated carbocycles. The van der Waals surface area contributed by atoms with Gasteiger partial charge in [0.2, 0.25) is 0 Å². The number of benzene rings is 1. The zero-order valence-electron chi connectivity index (χ0n) is 10.1. The first-order valence-electron chi connectivity index (χ1n) is 5.79. The second kappa shape index (κ2) is 5.59. The predicted molar refractivity (Wildman–Crippen MR) is 70.9 cm³/mol. The van der Waals surface area contributed by atoms with Crippen molar-refractivity contribution < 1.29 is 8.78 Å². The van der Waals surface area contributed by atoms with Crippen LogP contribution >= 0.6 is 11.3 Å². The van der Waals surface area contributed by atoms with E-state index in [1.165, 1.54) is 16.5 Å². The molecule has 0 aliphatic carbocycles. The van der Waals surface area contributed by atoms with E-state index in [2.05, 4.69) is 0 Å². The van der Waals surface area contributed by atoms with Gasteiger partial charge in [0.1, 0.15) is 11.6 Å². The van der Waals surface area contributed by atoms with Crippen LogP contribution in [0.4, 0.5) is 8.78 Å². The highest BCUT2D eigenvalue weighted by molar-refractivity contribution is 7.10. The molecular weight excluding hydrogens is 252 g/mol. The summed E-state index contributed by atoms with van der Waals surface area (Å²) in [5.74, 6) is -0.994. The molecule has 2 N–H and O–H groups in total. The van der Waals surface area contributed by atoms with E-state index in [4.69, 9.17) is 5.73 Å². The van der Waals surface area contributed by atoms with Gasteiger partial charge in [-0.05, 0) is 60.7 Å². The van der Waals surface area contributed by atoms with E-state index in [1.807, 2.05) is 18.4 Å². The normalized spacial score (nSPS) is 12.7. The van der Waals surface area contributed by atoms with Gasteiger partial charge in [0.15, 0.2) is 0 Å². The topological polar surface area (TPSA) is 26.0 Å². The Kier molecular flexibility index (Phi) is 4.09. The van der Waals surface area contributed by atoms with Crippen LogP contribution in [0.15, 0.2) is 29.6 Å². The molecule has 0 fully saturated rings. The lowest BCUT2D eigenvalue weighted by Crippen LogP contribution is -2.16. The average molecular weight is 267 g/mol. The molecule has 4 heteroatoms. The molecule has 0 spiro atoms. The van der Waals surface area contributed by atoms with Crippen LogP contribution in [-0.4, -0.2) is 6.54 Å². The van der Waals surface area contributed by atoms with Crippen LogP contribution in [0.5, 0.6) is 0 Å². The van der Waals surface area contributed by atoms with Crippen LogP contribution in [-0.2, 0) is 6.42 Å². The fourth-order valence-electron chi connectivity index (χ4n) is 1.98. The summed E-state index contributed by atoms with van der Waals surface area (Å²) in [5, 5.41) is 2.00. The van der Waals surface area contributed by atoms with Gasteiger partial charge in [0, 0.05) is 10.8 Å². The van der Waals surface area contributed by atoms with Crippen molar-refractivity contribution in [3.63, 3.8) is 0 Å². The Hall–Kier alpha value is -1.26. The Morgan fingerprint density at radius 3 is 2.67 bits per heavy atom. The summed E-state index contributed by atoms with van der Waals surface area (Å²) in [6.45, 7) is 2.32. The summed E-state index contributed by atoms with van der Waals surface area (Å²) in [7, 11) is 0. The SMILES string of the molecule is Cc1ccsc1CC(CN)c1cc(F)ccc1F. The van der Waals surface area contributed by atoms with Gasteiger partial charge < -0.3 is 5.73 Å². The molecule has 2 rings (SSSR count). The number of nitrogens with two attached hydrogens (primary N) is 1. The molecule has 1 atom stereocenters. The molecule has 1 heterocycles. The summed E-state index contributed by atoms with van der Waals surface area (Å²) < 4.78 is 26.9. The smallest absolute Gasteiger partial charge is 0.126 e. The Morgan fingerprint density at radius 2 is 2.06 bits per heavy atom. The van der Waals surface area contributed by atoms with E-state index in [0.29, 0.717) is 18.5 Å². The van der Waals surface area contributed by atoms with Crippen molar-refractivity contribution in [2.45, 2.75) is 19.3 Å². The first kappa shape index (κ1) is 13.2. The molecular formula is C14H15F2NS. The van der Waals surface area contributed by atoms with E-state index in [0.717, 1.165) is 12.1 Å². The Labute approximate surface area is 109 Å². The molecule has 1 aromatic carbocycles. The second-order valence-corrected chi connectivity index (χ2v) is 5.33. The van der Waals surface area contributed by atoms with Crippen molar-refractivity contribution in [1.29, 1.82) is 0 Å². The van der Waals surface area contributed by atoms with E-state index in [9.17, 15) is 8.78 Å². The molecule has 18 heavy (non-hydrogen) atoms. The molecule has 0 aliphatic rings. The summed E-state index contributed by atoms with van der Waals surface area (Å²) in [6, 6.07) is 5.56. The molecule has 96 valence electrons. The Morgan fingerprint density at radius 1 is 1.28 bits per heavy atom. The maximum absolute atomic E-state index is 13.7. The first-order chi connectivity index (χ1) is 8.61.